The third-order valence-electron chi connectivity index (χ3n) is 2.63. The zero-order valence-electron chi connectivity index (χ0n) is 12.6. The van der Waals surface area contributed by atoms with Crippen molar-refractivity contribution in [1.29, 1.82) is 0 Å². The van der Waals surface area contributed by atoms with E-state index in [1.54, 1.807) is 6.20 Å². The first-order chi connectivity index (χ1) is 10.2. The largest absolute Gasteiger partial charge is 0.369 e. The lowest BCUT2D eigenvalue weighted by molar-refractivity contribution is -0.120. The first-order valence-electron chi connectivity index (χ1n) is 7.28. The molecule has 0 fully saturated rings. The van der Waals surface area contributed by atoms with Crippen LogP contribution < -0.4 is 16.0 Å². The summed E-state index contributed by atoms with van der Waals surface area (Å²) in [6.07, 6.45) is 5.09. The van der Waals surface area contributed by atoms with Crippen molar-refractivity contribution >= 4 is 17.6 Å². The van der Waals surface area contributed by atoms with Gasteiger partial charge in [-0.1, -0.05) is 13.8 Å². The molecule has 1 aromatic heterocycles. The Hall–Kier alpha value is -2.18. The maximum absolute atomic E-state index is 11.9. The molecular weight excluding hydrogens is 270 g/mol. The molecule has 0 aromatic carbocycles. The zero-order chi connectivity index (χ0) is 15.5. The van der Waals surface area contributed by atoms with Gasteiger partial charge in [-0.2, -0.15) is 0 Å². The molecule has 7 nitrogen and oxygen atoms in total. The van der Waals surface area contributed by atoms with Gasteiger partial charge in [0.15, 0.2) is 0 Å². The Morgan fingerprint density at radius 1 is 1.05 bits per heavy atom. The fourth-order valence-electron chi connectivity index (χ4n) is 1.55. The van der Waals surface area contributed by atoms with Gasteiger partial charge < -0.3 is 16.0 Å². The standard InChI is InChI=1S/C14H23N5O2/c1-3-6-16-12-10-15-9-11(19-12)14(21)18-8-5-13(20)17-7-4-2/h9-10H,3-8H2,1-2H3,(H,16,19)(H,17,20)(H,18,21). The van der Waals surface area contributed by atoms with Crippen LogP contribution >= 0.6 is 0 Å². The molecule has 0 atom stereocenters. The topological polar surface area (TPSA) is 96.0 Å². The van der Waals surface area contributed by atoms with Crippen molar-refractivity contribution in [1.82, 2.24) is 20.6 Å². The smallest absolute Gasteiger partial charge is 0.271 e. The first kappa shape index (κ1) is 16.9. The number of nitrogens with zero attached hydrogens (tertiary/aromatic N) is 2. The molecule has 116 valence electrons. The Bertz CT molecular complexity index is 464. The molecule has 3 N–H and O–H groups in total. The maximum atomic E-state index is 11.9. The maximum Gasteiger partial charge on any atom is 0.271 e. The number of hydrogen-bond donors (Lipinski definition) is 3. The summed E-state index contributed by atoms with van der Waals surface area (Å²) in [4.78, 5) is 31.4. The number of carbonyl (C=O) groups excluding carboxylic acids is 2. The molecule has 7 heteroatoms. The zero-order valence-corrected chi connectivity index (χ0v) is 12.6. The molecule has 0 saturated heterocycles. The van der Waals surface area contributed by atoms with Crippen LogP contribution in [-0.2, 0) is 4.79 Å². The highest BCUT2D eigenvalue weighted by Gasteiger charge is 2.09. The Morgan fingerprint density at radius 2 is 1.81 bits per heavy atom. The van der Waals surface area contributed by atoms with Crippen molar-refractivity contribution < 1.29 is 9.59 Å². The van der Waals surface area contributed by atoms with E-state index >= 15 is 0 Å². The minimum Gasteiger partial charge on any atom is -0.369 e. The first-order valence-corrected chi connectivity index (χ1v) is 7.28. The molecule has 2 amide bonds. The fraction of sp³-hybridized carbons (Fsp3) is 0.571. The number of rotatable bonds is 9. The summed E-state index contributed by atoms with van der Waals surface area (Å²) < 4.78 is 0. The van der Waals surface area contributed by atoms with Gasteiger partial charge in [0.25, 0.3) is 5.91 Å². The number of amides is 2. The normalized spacial score (nSPS) is 10.0. The molecular formula is C14H23N5O2. The van der Waals surface area contributed by atoms with Gasteiger partial charge in [0, 0.05) is 26.1 Å². The molecule has 0 spiro atoms. The predicted molar refractivity (Wildman–Crippen MR) is 81.1 cm³/mol. The number of anilines is 1. The third kappa shape index (κ3) is 6.69. The van der Waals surface area contributed by atoms with Crippen LogP contribution in [0.3, 0.4) is 0 Å². The molecule has 0 aliphatic heterocycles. The van der Waals surface area contributed by atoms with Crippen LogP contribution in [0.2, 0.25) is 0 Å². The van der Waals surface area contributed by atoms with Gasteiger partial charge in [-0.15, -0.1) is 0 Å². The van der Waals surface area contributed by atoms with Crippen molar-refractivity contribution in [2.24, 2.45) is 0 Å². The monoisotopic (exact) mass is 293 g/mol. The van der Waals surface area contributed by atoms with Crippen LogP contribution in [0.25, 0.3) is 0 Å². The van der Waals surface area contributed by atoms with Crippen LogP contribution in [0, 0.1) is 0 Å². The van der Waals surface area contributed by atoms with Crippen molar-refractivity contribution in [3.63, 3.8) is 0 Å². The van der Waals surface area contributed by atoms with E-state index in [0.29, 0.717) is 12.4 Å². The third-order valence-corrected chi connectivity index (χ3v) is 2.63. The van der Waals surface area contributed by atoms with E-state index in [1.807, 2.05) is 13.8 Å². The van der Waals surface area contributed by atoms with E-state index in [9.17, 15) is 9.59 Å². The summed E-state index contributed by atoms with van der Waals surface area (Å²) in [6, 6.07) is 0. The van der Waals surface area contributed by atoms with Crippen molar-refractivity contribution in [3.05, 3.63) is 18.1 Å². The van der Waals surface area contributed by atoms with Gasteiger partial charge in [-0.05, 0) is 12.8 Å². The lowest BCUT2D eigenvalue weighted by Gasteiger charge is -2.07. The molecule has 1 heterocycles. The van der Waals surface area contributed by atoms with E-state index in [2.05, 4.69) is 25.9 Å². The number of aromatic nitrogens is 2. The Balaban J connectivity index is 2.39. The van der Waals surface area contributed by atoms with Crippen molar-refractivity contribution in [3.8, 4) is 0 Å². The van der Waals surface area contributed by atoms with Crippen molar-refractivity contribution in [2.45, 2.75) is 33.1 Å². The second-order valence-corrected chi connectivity index (χ2v) is 4.57. The van der Waals surface area contributed by atoms with Crippen LogP contribution in [0.4, 0.5) is 5.82 Å². The average Bonchev–Trinajstić information content (AvgIpc) is 2.51. The summed E-state index contributed by atoms with van der Waals surface area (Å²) >= 11 is 0. The van der Waals surface area contributed by atoms with E-state index in [0.717, 1.165) is 19.4 Å². The average molecular weight is 293 g/mol. The summed E-state index contributed by atoms with van der Waals surface area (Å²) in [5.74, 6) is 0.178. The molecule has 1 aromatic rings. The fourth-order valence-corrected chi connectivity index (χ4v) is 1.55. The highest BCUT2D eigenvalue weighted by atomic mass is 16.2. The lowest BCUT2D eigenvalue weighted by atomic mass is 10.3. The lowest BCUT2D eigenvalue weighted by Crippen LogP contribution is -2.31. The number of carbonyl (C=O) groups is 2. The van der Waals surface area contributed by atoms with Crippen LogP contribution in [0.1, 0.15) is 43.6 Å². The molecule has 0 unspecified atom stereocenters. The molecule has 0 bridgehead atoms. The van der Waals surface area contributed by atoms with Gasteiger partial charge in [0.2, 0.25) is 5.91 Å². The van der Waals surface area contributed by atoms with Crippen molar-refractivity contribution in [2.75, 3.05) is 25.0 Å². The van der Waals surface area contributed by atoms with Gasteiger partial charge in [-0.25, -0.2) is 4.98 Å². The van der Waals surface area contributed by atoms with Crippen LogP contribution in [-0.4, -0.2) is 41.4 Å². The number of nitrogens with one attached hydrogen (secondary N) is 3. The quantitative estimate of drug-likeness (QED) is 0.630. The summed E-state index contributed by atoms with van der Waals surface area (Å²) in [5.41, 5.74) is 0.241. The van der Waals surface area contributed by atoms with E-state index < -0.39 is 0 Å². The Kier molecular flexibility index (Phi) is 7.78. The second kappa shape index (κ2) is 9.68. The van der Waals surface area contributed by atoms with Gasteiger partial charge >= 0.3 is 0 Å². The second-order valence-electron chi connectivity index (χ2n) is 4.57. The predicted octanol–water partition coefficient (Wildman–Crippen LogP) is 0.945. The molecule has 21 heavy (non-hydrogen) atoms. The summed E-state index contributed by atoms with van der Waals surface area (Å²) in [5, 5.41) is 8.48. The molecule has 0 radical (unpaired) electrons. The van der Waals surface area contributed by atoms with E-state index in [-0.39, 0.29) is 30.5 Å². The molecule has 0 aliphatic rings. The summed E-state index contributed by atoms with van der Waals surface area (Å²) in [6.45, 7) is 5.74. The van der Waals surface area contributed by atoms with Gasteiger partial charge in [0.1, 0.15) is 11.5 Å². The minimum atomic E-state index is -0.328. The Labute approximate surface area is 124 Å². The minimum absolute atomic E-state index is 0.0680. The van der Waals surface area contributed by atoms with Crippen LogP contribution in [0.15, 0.2) is 12.4 Å². The SMILES string of the molecule is CCCNC(=O)CCNC(=O)c1cncc(NCCC)n1. The molecule has 1 rings (SSSR count). The summed E-state index contributed by atoms with van der Waals surface area (Å²) in [7, 11) is 0. The molecule has 0 aliphatic carbocycles. The van der Waals surface area contributed by atoms with Gasteiger partial charge in [-0.3, -0.25) is 14.6 Å². The van der Waals surface area contributed by atoms with E-state index in [1.165, 1.54) is 6.20 Å². The highest BCUT2D eigenvalue weighted by molar-refractivity contribution is 5.92. The Morgan fingerprint density at radius 3 is 2.52 bits per heavy atom. The van der Waals surface area contributed by atoms with Crippen LogP contribution in [0.5, 0.6) is 0 Å². The molecule has 0 saturated carbocycles. The van der Waals surface area contributed by atoms with E-state index in [4.69, 9.17) is 0 Å². The van der Waals surface area contributed by atoms with Gasteiger partial charge in [0.05, 0.1) is 12.4 Å². The highest BCUT2D eigenvalue weighted by Crippen LogP contribution is 2.02. The number of hydrogen-bond acceptors (Lipinski definition) is 5.